The van der Waals surface area contributed by atoms with Gasteiger partial charge in [-0.05, 0) is 18.2 Å². The van der Waals surface area contributed by atoms with E-state index in [1.54, 1.807) is 12.1 Å². The molecule has 0 aliphatic rings. The van der Waals surface area contributed by atoms with Gasteiger partial charge in [0, 0.05) is 6.20 Å². The highest BCUT2D eigenvalue weighted by molar-refractivity contribution is 6.33. The Morgan fingerprint density at radius 3 is 2.60 bits per heavy atom. The lowest BCUT2D eigenvalue weighted by Gasteiger charge is -2.02. The quantitative estimate of drug-likeness (QED) is 0.782. The number of allylic oxidation sites excluding steroid dienone is 1. The van der Waals surface area contributed by atoms with Crippen LogP contribution in [0.3, 0.4) is 0 Å². The largest absolute Gasteiger partial charge is 0.359 e. The van der Waals surface area contributed by atoms with E-state index in [0.717, 1.165) is 6.07 Å². The lowest BCUT2D eigenvalue weighted by atomic mass is 10.3. The van der Waals surface area contributed by atoms with E-state index < -0.39 is 5.82 Å². The van der Waals surface area contributed by atoms with Crippen LogP contribution in [0, 0.1) is 28.5 Å². The number of benzene rings is 1. The third kappa shape index (κ3) is 2.98. The van der Waals surface area contributed by atoms with Crippen molar-refractivity contribution >= 4 is 17.3 Å². The molecule has 0 fully saturated rings. The van der Waals surface area contributed by atoms with Gasteiger partial charge in [-0.2, -0.15) is 10.5 Å². The van der Waals surface area contributed by atoms with Gasteiger partial charge in [-0.1, -0.05) is 11.6 Å². The molecule has 0 atom stereocenters. The molecule has 1 N–H and O–H groups in total. The van der Waals surface area contributed by atoms with Crippen molar-refractivity contribution in [3.63, 3.8) is 0 Å². The van der Waals surface area contributed by atoms with Gasteiger partial charge in [-0.15, -0.1) is 0 Å². The van der Waals surface area contributed by atoms with Crippen molar-refractivity contribution in [3.05, 3.63) is 40.8 Å². The first-order valence-electron chi connectivity index (χ1n) is 3.89. The van der Waals surface area contributed by atoms with Crippen LogP contribution in [0.4, 0.5) is 10.1 Å². The highest BCUT2D eigenvalue weighted by Crippen LogP contribution is 2.22. The molecule has 0 heterocycles. The van der Waals surface area contributed by atoms with Crippen molar-refractivity contribution in [2.75, 3.05) is 5.32 Å². The smallest absolute Gasteiger partial charge is 0.145 e. The molecular formula is C10H5ClFN3. The van der Waals surface area contributed by atoms with Crippen LogP contribution in [0.5, 0.6) is 0 Å². The fourth-order valence-corrected chi connectivity index (χ4v) is 1.07. The Bertz CT molecular complexity index is 466. The van der Waals surface area contributed by atoms with Crippen LogP contribution < -0.4 is 5.32 Å². The summed E-state index contributed by atoms with van der Waals surface area (Å²) in [5.74, 6) is -0.449. The Labute approximate surface area is 91.0 Å². The third-order valence-corrected chi connectivity index (χ3v) is 1.86. The Kier molecular flexibility index (Phi) is 3.68. The van der Waals surface area contributed by atoms with Gasteiger partial charge in [-0.25, -0.2) is 4.39 Å². The predicted octanol–water partition coefficient (Wildman–Crippen LogP) is 2.82. The Balaban J connectivity index is 2.89. The van der Waals surface area contributed by atoms with Gasteiger partial charge in [-0.3, -0.25) is 0 Å². The van der Waals surface area contributed by atoms with E-state index in [1.807, 2.05) is 0 Å². The van der Waals surface area contributed by atoms with Crippen LogP contribution in [-0.2, 0) is 0 Å². The highest BCUT2D eigenvalue weighted by atomic mass is 35.5. The van der Waals surface area contributed by atoms with Crippen LogP contribution in [0.15, 0.2) is 30.0 Å². The topological polar surface area (TPSA) is 59.6 Å². The average molecular weight is 222 g/mol. The summed E-state index contributed by atoms with van der Waals surface area (Å²) in [6.45, 7) is 0. The third-order valence-electron chi connectivity index (χ3n) is 1.54. The molecule has 0 bridgehead atoms. The van der Waals surface area contributed by atoms with Gasteiger partial charge in [0.15, 0.2) is 0 Å². The van der Waals surface area contributed by atoms with Crippen LogP contribution in [0.25, 0.3) is 0 Å². The maximum absolute atomic E-state index is 12.6. The van der Waals surface area contributed by atoms with Gasteiger partial charge in [0.1, 0.15) is 23.5 Å². The van der Waals surface area contributed by atoms with Crippen molar-refractivity contribution in [3.8, 4) is 12.1 Å². The molecule has 3 nitrogen and oxygen atoms in total. The average Bonchev–Trinajstić information content (AvgIpc) is 2.22. The van der Waals surface area contributed by atoms with Gasteiger partial charge < -0.3 is 5.32 Å². The summed E-state index contributed by atoms with van der Waals surface area (Å²) in [4.78, 5) is 0. The normalized spacial score (nSPS) is 8.53. The van der Waals surface area contributed by atoms with Crippen LogP contribution in [0.2, 0.25) is 5.02 Å². The fraction of sp³-hybridized carbons (Fsp3) is 0. The molecule has 0 amide bonds. The van der Waals surface area contributed by atoms with Gasteiger partial charge in [0.25, 0.3) is 0 Å². The van der Waals surface area contributed by atoms with E-state index in [4.69, 9.17) is 22.1 Å². The number of rotatable bonds is 2. The first-order valence-corrected chi connectivity index (χ1v) is 4.27. The van der Waals surface area contributed by atoms with E-state index in [9.17, 15) is 4.39 Å². The Hall–Kier alpha value is -2.04. The molecule has 0 saturated carbocycles. The molecule has 1 rings (SSSR count). The second-order valence-corrected chi connectivity index (χ2v) is 2.96. The Morgan fingerprint density at radius 1 is 1.40 bits per heavy atom. The molecule has 0 spiro atoms. The van der Waals surface area contributed by atoms with Crippen LogP contribution in [-0.4, -0.2) is 0 Å². The zero-order valence-electron chi connectivity index (χ0n) is 7.46. The summed E-state index contributed by atoms with van der Waals surface area (Å²) in [7, 11) is 0. The van der Waals surface area contributed by atoms with E-state index >= 15 is 0 Å². The minimum absolute atomic E-state index is 0.0876. The molecule has 1 aromatic carbocycles. The zero-order valence-corrected chi connectivity index (χ0v) is 8.22. The van der Waals surface area contributed by atoms with E-state index in [0.29, 0.717) is 5.69 Å². The number of nitrogens with zero attached hydrogens (tertiary/aromatic N) is 2. The van der Waals surface area contributed by atoms with Gasteiger partial charge >= 0.3 is 0 Å². The number of halogens is 2. The molecular weight excluding hydrogens is 217 g/mol. The summed E-state index contributed by atoms with van der Waals surface area (Å²) in [6.07, 6.45) is 1.21. The van der Waals surface area contributed by atoms with Crippen LogP contribution in [0.1, 0.15) is 0 Å². The van der Waals surface area contributed by atoms with Gasteiger partial charge in [0.2, 0.25) is 0 Å². The van der Waals surface area contributed by atoms with Gasteiger partial charge in [0.05, 0.1) is 10.7 Å². The van der Waals surface area contributed by atoms with E-state index in [-0.39, 0.29) is 10.6 Å². The molecule has 74 valence electrons. The molecule has 15 heavy (non-hydrogen) atoms. The van der Waals surface area contributed by atoms with Crippen molar-refractivity contribution in [2.45, 2.75) is 0 Å². The second kappa shape index (κ2) is 4.99. The van der Waals surface area contributed by atoms with Crippen molar-refractivity contribution in [1.82, 2.24) is 0 Å². The molecule has 0 unspecified atom stereocenters. The summed E-state index contributed by atoms with van der Waals surface area (Å²) in [6, 6.07) is 7.12. The zero-order chi connectivity index (χ0) is 11.3. The number of nitrogens with one attached hydrogen (secondary N) is 1. The first kappa shape index (κ1) is 11.0. The van der Waals surface area contributed by atoms with E-state index in [1.165, 1.54) is 18.3 Å². The second-order valence-electron chi connectivity index (χ2n) is 2.55. The number of hydrogen-bond acceptors (Lipinski definition) is 3. The first-order chi connectivity index (χ1) is 7.17. The fourth-order valence-electron chi connectivity index (χ4n) is 0.846. The SMILES string of the molecule is N#CC(C#N)=CNc1ccc(F)cc1Cl. The lowest BCUT2D eigenvalue weighted by molar-refractivity contribution is 0.628. The maximum atomic E-state index is 12.6. The van der Waals surface area contributed by atoms with Crippen molar-refractivity contribution in [1.29, 1.82) is 10.5 Å². The summed E-state index contributed by atoms with van der Waals surface area (Å²) in [5, 5.41) is 19.7. The van der Waals surface area contributed by atoms with Crippen molar-refractivity contribution in [2.24, 2.45) is 0 Å². The minimum atomic E-state index is -0.449. The molecule has 0 saturated heterocycles. The number of nitriles is 2. The number of hydrogen-bond donors (Lipinski definition) is 1. The van der Waals surface area contributed by atoms with Crippen molar-refractivity contribution < 1.29 is 4.39 Å². The molecule has 1 aromatic rings. The summed E-state index contributed by atoms with van der Waals surface area (Å²) in [5.41, 5.74) is 0.344. The lowest BCUT2D eigenvalue weighted by Crippen LogP contribution is -1.91. The molecule has 0 aromatic heterocycles. The minimum Gasteiger partial charge on any atom is -0.359 e. The van der Waals surface area contributed by atoms with Crippen LogP contribution >= 0.6 is 11.6 Å². The molecule has 0 aliphatic heterocycles. The van der Waals surface area contributed by atoms with E-state index in [2.05, 4.69) is 5.32 Å². The predicted molar refractivity (Wildman–Crippen MR) is 54.3 cm³/mol. The molecule has 0 radical (unpaired) electrons. The standard InChI is InChI=1S/C10H5ClFN3/c11-9-3-8(12)1-2-10(9)15-6-7(4-13)5-14/h1-3,6,15H. The molecule has 0 aliphatic carbocycles. The summed E-state index contributed by atoms with van der Waals surface area (Å²) < 4.78 is 12.6. The maximum Gasteiger partial charge on any atom is 0.145 e. The Morgan fingerprint density at radius 2 is 2.07 bits per heavy atom. The molecule has 5 heteroatoms. The monoisotopic (exact) mass is 221 g/mol. The highest BCUT2D eigenvalue weighted by Gasteiger charge is 2.00. The number of anilines is 1. The summed E-state index contributed by atoms with van der Waals surface area (Å²) >= 11 is 5.70.